The molecule has 1 saturated carbocycles. The van der Waals surface area contributed by atoms with Crippen LogP contribution in [0.4, 0.5) is 0 Å². The summed E-state index contributed by atoms with van der Waals surface area (Å²) in [5.74, 6) is 0.364. The van der Waals surface area contributed by atoms with Gasteiger partial charge in [0.25, 0.3) is 5.91 Å². The molecule has 3 amide bonds. The Morgan fingerprint density at radius 1 is 0.880 bits per heavy atom. The van der Waals surface area contributed by atoms with Gasteiger partial charge in [-0.2, -0.15) is 0 Å². The van der Waals surface area contributed by atoms with Crippen LogP contribution in [0.5, 0.6) is 0 Å². The maximum absolute atomic E-state index is 12.2. The minimum atomic E-state index is -0.137. The first-order valence-corrected chi connectivity index (χ1v) is 9.05. The minimum Gasteiger partial charge on any atom is -0.354 e. The molecule has 0 radical (unpaired) electrons. The highest BCUT2D eigenvalue weighted by Gasteiger charge is 2.35. The smallest absolute Gasteiger partial charge is 0.251 e. The predicted octanol–water partition coefficient (Wildman–Crippen LogP) is 1.18. The Bertz CT molecular complexity index is 620. The van der Waals surface area contributed by atoms with Gasteiger partial charge in [0.05, 0.1) is 0 Å². The van der Waals surface area contributed by atoms with E-state index < -0.39 is 0 Å². The second-order valence-corrected chi connectivity index (χ2v) is 6.79. The molecule has 1 aromatic rings. The number of rotatable bonds is 6. The molecule has 6 heteroatoms. The van der Waals surface area contributed by atoms with E-state index in [2.05, 4.69) is 10.6 Å². The van der Waals surface area contributed by atoms with E-state index in [-0.39, 0.29) is 29.6 Å². The van der Waals surface area contributed by atoms with Crippen LogP contribution in [0.3, 0.4) is 0 Å². The van der Waals surface area contributed by atoms with E-state index in [0.717, 1.165) is 25.7 Å². The second-order valence-electron chi connectivity index (χ2n) is 6.79. The Morgan fingerprint density at radius 2 is 1.52 bits per heavy atom. The second kappa shape index (κ2) is 8.14. The SMILES string of the molecule is O=C(NCCNC(=O)C1CCN(C(=O)C2CC2)CC1)c1ccccc1. The van der Waals surface area contributed by atoms with Crippen LogP contribution in [0.2, 0.25) is 0 Å². The van der Waals surface area contributed by atoms with Gasteiger partial charge in [-0.25, -0.2) is 0 Å². The van der Waals surface area contributed by atoms with Crippen molar-refractivity contribution >= 4 is 17.7 Å². The number of piperidine rings is 1. The van der Waals surface area contributed by atoms with Crippen molar-refractivity contribution in [3.63, 3.8) is 0 Å². The van der Waals surface area contributed by atoms with Crippen molar-refractivity contribution < 1.29 is 14.4 Å². The summed E-state index contributed by atoms with van der Waals surface area (Å²) in [5.41, 5.74) is 0.613. The predicted molar refractivity (Wildman–Crippen MR) is 93.8 cm³/mol. The minimum absolute atomic E-state index is 0.0208. The molecule has 0 spiro atoms. The molecule has 6 nitrogen and oxygen atoms in total. The maximum atomic E-state index is 12.2. The van der Waals surface area contributed by atoms with E-state index in [0.29, 0.717) is 31.7 Å². The van der Waals surface area contributed by atoms with Gasteiger partial charge in [-0.1, -0.05) is 18.2 Å². The van der Waals surface area contributed by atoms with Gasteiger partial charge < -0.3 is 15.5 Å². The number of amides is 3. The monoisotopic (exact) mass is 343 g/mol. The molecule has 1 aliphatic heterocycles. The summed E-state index contributed by atoms with van der Waals surface area (Å²) in [5, 5.41) is 5.67. The van der Waals surface area contributed by atoms with E-state index in [1.54, 1.807) is 12.1 Å². The molecule has 1 heterocycles. The molecule has 134 valence electrons. The molecule has 2 fully saturated rings. The van der Waals surface area contributed by atoms with Gasteiger partial charge in [-0.3, -0.25) is 14.4 Å². The molecule has 2 aliphatic rings. The van der Waals surface area contributed by atoms with E-state index in [9.17, 15) is 14.4 Å². The molecule has 2 N–H and O–H groups in total. The Labute approximate surface area is 148 Å². The Balaban J connectivity index is 1.32. The van der Waals surface area contributed by atoms with Crippen LogP contribution >= 0.6 is 0 Å². The van der Waals surface area contributed by atoms with Crippen molar-refractivity contribution in [1.29, 1.82) is 0 Å². The summed E-state index contributed by atoms with van der Waals surface area (Å²) in [7, 11) is 0. The van der Waals surface area contributed by atoms with Gasteiger partial charge in [0.2, 0.25) is 11.8 Å². The van der Waals surface area contributed by atoms with Gasteiger partial charge in [-0.05, 0) is 37.8 Å². The number of nitrogens with zero attached hydrogens (tertiary/aromatic N) is 1. The first-order valence-electron chi connectivity index (χ1n) is 9.05. The van der Waals surface area contributed by atoms with Crippen LogP contribution in [-0.4, -0.2) is 48.8 Å². The van der Waals surface area contributed by atoms with E-state index in [4.69, 9.17) is 0 Å². The highest BCUT2D eigenvalue weighted by Crippen LogP contribution is 2.32. The number of hydrogen-bond donors (Lipinski definition) is 2. The number of carbonyl (C=O) groups is 3. The van der Waals surface area contributed by atoms with Gasteiger partial charge in [-0.15, -0.1) is 0 Å². The van der Waals surface area contributed by atoms with Crippen molar-refractivity contribution in [2.45, 2.75) is 25.7 Å². The van der Waals surface area contributed by atoms with Gasteiger partial charge in [0, 0.05) is 43.6 Å². The average Bonchev–Trinajstić information content (AvgIpc) is 3.50. The van der Waals surface area contributed by atoms with Crippen LogP contribution in [0.15, 0.2) is 30.3 Å². The van der Waals surface area contributed by atoms with Crippen molar-refractivity contribution in [1.82, 2.24) is 15.5 Å². The summed E-state index contributed by atoms with van der Waals surface area (Å²) >= 11 is 0. The summed E-state index contributed by atoms with van der Waals surface area (Å²) < 4.78 is 0. The molecule has 3 rings (SSSR count). The van der Waals surface area contributed by atoms with E-state index in [1.807, 2.05) is 23.1 Å². The summed E-state index contributed by atoms with van der Waals surface area (Å²) in [6.07, 6.45) is 3.49. The number of hydrogen-bond acceptors (Lipinski definition) is 3. The molecule has 0 aromatic heterocycles. The lowest BCUT2D eigenvalue weighted by atomic mass is 9.95. The number of carbonyl (C=O) groups excluding carboxylic acids is 3. The Morgan fingerprint density at radius 3 is 2.16 bits per heavy atom. The Hall–Kier alpha value is -2.37. The van der Waals surface area contributed by atoms with Crippen molar-refractivity contribution in [3.8, 4) is 0 Å². The average molecular weight is 343 g/mol. The Kier molecular flexibility index (Phi) is 5.68. The van der Waals surface area contributed by atoms with Gasteiger partial charge >= 0.3 is 0 Å². The van der Waals surface area contributed by atoms with Crippen LogP contribution < -0.4 is 10.6 Å². The molecule has 1 aliphatic carbocycles. The highest BCUT2D eigenvalue weighted by atomic mass is 16.2. The molecular weight excluding hydrogens is 318 g/mol. The molecule has 1 aromatic carbocycles. The van der Waals surface area contributed by atoms with E-state index >= 15 is 0 Å². The first-order chi connectivity index (χ1) is 12.1. The first kappa shape index (κ1) is 17.5. The van der Waals surface area contributed by atoms with Crippen LogP contribution in [0, 0.1) is 11.8 Å². The fourth-order valence-corrected chi connectivity index (χ4v) is 3.15. The summed E-state index contributed by atoms with van der Waals surface area (Å²) in [6, 6.07) is 9.00. The molecule has 0 atom stereocenters. The topological polar surface area (TPSA) is 78.5 Å². The van der Waals surface area contributed by atoms with Gasteiger partial charge in [0.1, 0.15) is 0 Å². The molecule has 0 unspecified atom stereocenters. The number of likely N-dealkylation sites (tertiary alicyclic amines) is 1. The number of benzene rings is 1. The standard InChI is InChI=1S/C19H25N3O3/c23-17(14-4-2-1-3-5-14)20-10-11-21-18(24)15-8-12-22(13-9-15)19(25)16-6-7-16/h1-5,15-16H,6-13H2,(H,20,23)(H,21,24). The van der Waals surface area contributed by atoms with Crippen LogP contribution in [-0.2, 0) is 9.59 Å². The third kappa shape index (κ3) is 4.81. The molecule has 0 bridgehead atoms. The largest absolute Gasteiger partial charge is 0.354 e. The lowest BCUT2D eigenvalue weighted by Crippen LogP contribution is -2.44. The lowest BCUT2D eigenvalue weighted by molar-refractivity contribution is -0.136. The third-order valence-electron chi connectivity index (χ3n) is 4.85. The lowest BCUT2D eigenvalue weighted by Gasteiger charge is -2.31. The normalized spacial score (nSPS) is 17.8. The molecule has 1 saturated heterocycles. The quantitative estimate of drug-likeness (QED) is 0.762. The highest BCUT2D eigenvalue weighted by molar-refractivity contribution is 5.94. The fourth-order valence-electron chi connectivity index (χ4n) is 3.15. The molecule has 25 heavy (non-hydrogen) atoms. The van der Waals surface area contributed by atoms with Crippen LogP contribution in [0.25, 0.3) is 0 Å². The maximum Gasteiger partial charge on any atom is 0.251 e. The third-order valence-corrected chi connectivity index (χ3v) is 4.85. The van der Waals surface area contributed by atoms with Crippen molar-refractivity contribution in [2.24, 2.45) is 11.8 Å². The van der Waals surface area contributed by atoms with Crippen molar-refractivity contribution in [3.05, 3.63) is 35.9 Å². The van der Waals surface area contributed by atoms with E-state index in [1.165, 1.54) is 0 Å². The fraction of sp³-hybridized carbons (Fsp3) is 0.526. The van der Waals surface area contributed by atoms with Gasteiger partial charge in [0.15, 0.2) is 0 Å². The van der Waals surface area contributed by atoms with Crippen molar-refractivity contribution in [2.75, 3.05) is 26.2 Å². The zero-order valence-corrected chi connectivity index (χ0v) is 14.4. The molecular formula is C19H25N3O3. The summed E-state index contributed by atoms with van der Waals surface area (Å²) in [4.78, 5) is 38.0. The zero-order valence-electron chi connectivity index (χ0n) is 14.4. The number of nitrogens with one attached hydrogen (secondary N) is 2. The van der Waals surface area contributed by atoms with Crippen LogP contribution in [0.1, 0.15) is 36.0 Å². The zero-order chi connectivity index (χ0) is 17.6. The summed E-state index contributed by atoms with van der Waals surface area (Å²) in [6.45, 7) is 2.17.